The van der Waals surface area contributed by atoms with Crippen LogP contribution in [0.25, 0.3) is 22.4 Å². The van der Waals surface area contributed by atoms with Gasteiger partial charge in [-0.25, -0.2) is 0 Å². The summed E-state index contributed by atoms with van der Waals surface area (Å²) in [5.41, 5.74) is 5.65. The topological polar surface area (TPSA) is 53.6 Å². The van der Waals surface area contributed by atoms with E-state index in [0.717, 1.165) is 21.8 Å². The summed E-state index contributed by atoms with van der Waals surface area (Å²) in [5.74, 6) is 0.502. The molecule has 0 atom stereocenters. The van der Waals surface area contributed by atoms with Gasteiger partial charge in [0.1, 0.15) is 5.69 Å². The van der Waals surface area contributed by atoms with E-state index in [1.807, 2.05) is 36.7 Å². The Morgan fingerprint density at radius 1 is 1.00 bits per heavy atom. The fourth-order valence-corrected chi connectivity index (χ4v) is 4.64. The van der Waals surface area contributed by atoms with Crippen molar-refractivity contribution in [2.24, 2.45) is 0 Å². The molecule has 6 heteroatoms. The molecule has 0 saturated heterocycles. The number of benzene rings is 1. The lowest BCUT2D eigenvalue weighted by Gasteiger charge is -2.28. The lowest BCUT2D eigenvalue weighted by Crippen LogP contribution is -2.28. The van der Waals surface area contributed by atoms with Crippen molar-refractivity contribution in [2.45, 2.75) is 37.6 Å². The van der Waals surface area contributed by atoms with E-state index >= 15 is 0 Å². The van der Waals surface area contributed by atoms with Gasteiger partial charge in [0.25, 0.3) is 0 Å². The van der Waals surface area contributed by atoms with Crippen LogP contribution in [-0.2, 0) is 0 Å². The lowest BCUT2D eigenvalue weighted by molar-refractivity contribution is 0.377. The monoisotopic (exact) mass is 398 g/mol. The molecule has 0 unspecified atom stereocenters. The quantitative estimate of drug-likeness (QED) is 0.542. The van der Waals surface area contributed by atoms with E-state index in [-0.39, 0.29) is 0 Å². The number of halogens is 1. The predicted octanol–water partition coefficient (Wildman–Crippen LogP) is 5.69. The molecule has 0 spiro atoms. The highest BCUT2D eigenvalue weighted by Crippen LogP contribution is 2.41. The van der Waals surface area contributed by atoms with Crippen LogP contribution in [0.2, 0.25) is 5.02 Å². The maximum Gasteiger partial charge on any atom is 0.100 e. The normalized spacial score (nSPS) is 19.9. The summed E-state index contributed by atoms with van der Waals surface area (Å²) < 4.78 is 3.51. The fourth-order valence-electron chi connectivity index (χ4n) is 3.94. The Kier molecular flexibility index (Phi) is 5.81. The van der Waals surface area contributed by atoms with Gasteiger partial charge in [-0.2, -0.15) is 5.10 Å². The van der Waals surface area contributed by atoms with Gasteiger partial charge in [-0.05, 0) is 61.8 Å². The van der Waals surface area contributed by atoms with Gasteiger partial charge in [0, 0.05) is 46.2 Å². The van der Waals surface area contributed by atoms with E-state index in [1.54, 1.807) is 11.9 Å². The summed E-state index contributed by atoms with van der Waals surface area (Å²) >= 11 is 7.80. The molecule has 0 bridgehead atoms. The van der Waals surface area contributed by atoms with Gasteiger partial charge >= 0.3 is 0 Å². The van der Waals surface area contributed by atoms with E-state index in [0.29, 0.717) is 12.0 Å². The predicted molar refractivity (Wildman–Crippen MR) is 114 cm³/mol. The fraction of sp³-hybridized carbons (Fsp3) is 0.333. The van der Waals surface area contributed by atoms with Crippen LogP contribution in [0.4, 0.5) is 0 Å². The highest BCUT2D eigenvalue weighted by atomic mass is 35.5. The standard InChI is InChI=1S/C21H23ClN4S/c1-27-26-18-8-4-16(5-9-18)21-19(14-10-12-23-13-11-14)20(24-25-21)15-2-6-17(22)7-3-15/h2-3,6-7,10-13,16,18,26H,4-5,8-9H2,1H3,(H,24,25). The third kappa shape index (κ3) is 4.05. The molecular formula is C21H23ClN4S. The van der Waals surface area contributed by atoms with Gasteiger partial charge in [0.05, 0.1) is 0 Å². The number of aromatic amines is 1. The first-order chi connectivity index (χ1) is 13.3. The van der Waals surface area contributed by atoms with E-state index in [2.05, 4.69) is 33.2 Å². The van der Waals surface area contributed by atoms with Crippen molar-refractivity contribution in [1.29, 1.82) is 0 Å². The number of rotatable bonds is 5. The molecule has 0 radical (unpaired) electrons. The van der Waals surface area contributed by atoms with Crippen LogP contribution >= 0.6 is 23.5 Å². The zero-order chi connectivity index (χ0) is 18.6. The molecule has 140 valence electrons. The highest BCUT2D eigenvalue weighted by Gasteiger charge is 2.27. The van der Waals surface area contributed by atoms with Crippen molar-refractivity contribution in [3.63, 3.8) is 0 Å². The Bertz CT molecular complexity index is 871. The zero-order valence-electron chi connectivity index (χ0n) is 15.3. The molecule has 1 fully saturated rings. The number of nitrogens with one attached hydrogen (secondary N) is 2. The minimum Gasteiger partial charge on any atom is -0.281 e. The van der Waals surface area contributed by atoms with Gasteiger partial charge in [0.15, 0.2) is 0 Å². The lowest BCUT2D eigenvalue weighted by atomic mass is 9.82. The average Bonchev–Trinajstić information content (AvgIpc) is 3.15. The smallest absolute Gasteiger partial charge is 0.100 e. The van der Waals surface area contributed by atoms with E-state index < -0.39 is 0 Å². The second kappa shape index (κ2) is 8.46. The van der Waals surface area contributed by atoms with Crippen LogP contribution in [-0.4, -0.2) is 27.5 Å². The maximum atomic E-state index is 6.08. The molecule has 1 aliphatic carbocycles. The summed E-state index contributed by atoms with van der Waals surface area (Å²) in [6, 6.07) is 12.6. The largest absolute Gasteiger partial charge is 0.281 e. The summed E-state index contributed by atoms with van der Waals surface area (Å²) in [6.07, 6.45) is 10.5. The molecule has 2 aromatic heterocycles. The van der Waals surface area contributed by atoms with Crippen molar-refractivity contribution in [2.75, 3.05) is 6.26 Å². The zero-order valence-corrected chi connectivity index (χ0v) is 16.9. The van der Waals surface area contributed by atoms with Gasteiger partial charge in [-0.15, -0.1) is 0 Å². The van der Waals surface area contributed by atoms with Crippen molar-refractivity contribution in [3.8, 4) is 22.4 Å². The molecule has 1 aromatic carbocycles. The Hall–Kier alpha value is -1.82. The Balaban J connectivity index is 1.71. The first-order valence-corrected chi connectivity index (χ1v) is 10.9. The SMILES string of the molecule is CSNC1CCC(c2[nH]nc(-c3ccc(Cl)cc3)c2-c2ccncc2)CC1. The van der Waals surface area contributed by atoms with Crippen molar-refractivity contribution in [3.05, 3.63) is 59.5 Å². The van der Waals surface area contributed by atoms with Crippen LogP contribution in [0.1, 0.15) is 37.3 Å². The molecule has 4 rings (SSSR count). The molecule has 2 heterocycles. The second-order valence-corrected chi connectivity index (χ2v) is 8.05. The van der Waals surface area contributed by atoms with Gasteiger partial charge in [0.2, 0.25) is 0 Å². The third-order valence-corrected chi connectivity index (χ3v) is 6.12. The van der Waals surface area contributed by atoms with Gasteiger partial charge in [-0.3, -0.25) is 14.8 Å². The molecule has 2 N–H and O–H groups in total. The first-order valence-electron chi connectivity index (χ1n) is 9.29. The number of nitrogens with zero attached hydrogens (tertiary/aromatic N) is 2. The Morgan fingerprint density at radius 3 is 2.37 bits per heavy atom. The van der Waals surface area contributed by atoms with Crippen LogP contribution in [0.15, 0.2) is 48.8 Å². The summed E-state index contributed by atoms with van der Waals surface area (Å²) in [4.78, 5) is 4.18. The summed E-state index contributed by atoms with van der Waals surface area (Å²) in [6.45, 7) is 0. The molecule has 1 saturated carbocycles. The van der Waals surface area contributed by atoms with Crippen molar-refractivity contribution < 1.29 is 0 Å². The molecule has 4 nitrogen and oxygen atoms in total. The van der Waals surface area contributed by atoms with Gasteiger partial charge < -0.3 is 0 Å². The Morgan fingerprint density at radius 2 is 1.70 bits per heavy atom. The number of hydrogen-bond acceptors (Lipinski definition) is 4. The third-order valence-electron chi connectivity index (χ3n) is 5.30. The number of pyridine rings is 1. The first kappa shape index (κ1) is 18.5. The summed E-state index contributed by atoms with van der Waals surface area (Å²) in [5, 5.41) is 8.82. The number of H-pyrrole nitrogens is 1. The molecule has 27 heavy (non-hydrogen) atoms. The number of hydrogen-bond donors (Lipinski definition) is 2. The van der Waals surface area contributed by atoms with Gasteiger partial charge in [-0.1, -0.05) is 35.7 Å². The van der Waals surface area contributed by atoms with Crippen LogP contribution in [0.5, 0.6) is 0 Å². The molecule has 1 aliphatic rings. The van der Waals surface area contributed by atoms with E-state index in [9.17, 15) is 0 Å². The van der Waals surface area contributed by atoms with E-state index in [1.165, 1.54) is 36.9 Å². The summed E-state index contributed by atoms with van der Waals surface area (Å²) in [7, 11) is 0. The van der Waals surface area contributed by atoms with Crippen molar-refractivity contribution >= 4 is 23.5 Å². The second-order valence-electron chi connectivity index (χ2n) is 6.97. The van der Waals surface area contributed by atoms with Crippen LogP contribution in [0.3, 0.4) is 0 Å². The van der Waals surface area contributed by atoms with Crippen LogP contribution < -0.4 is 4.72 Å². The minimum absolute atomic E-state index is 0.502. The molecule has 0 amide bonds. The molecule has 3 aromatic rings. The average molecular weight is 399 g/mol. The highest BCUT2D eigenvalue weighted by molar-refractivity contribution is 7.96. The van der Waals surface area contributed by atoms with Crippen LogP contribution in [0, 0.1) is 0 Å². The Labute approximate surface area is 169 Å². The molecule has 0 aliphatic heterocycles. The van der Waals surface area contributed by atoms with E-state index in [4.69, 9.17) is 16.7 Å². The maximum absolute atomic E-state index is 6.08. The number of aromatic nitrogens is 3. The molecular weight excluding hydrogens is 376 g/mol. The minimum atomic E-state index is 0.502. The van der Waals surface area contributed by atoms with Crippen molar-refractivity contribution in [1.82, 2.24) is 19.9 Å².